The Hall–Kier alpha value is -1.50. The minimum absolute atomic E-state index is 0.0832. The Labute approximate surface area is 108 Å². The summed E-state index contributed by atoms with van der Waals surface area (Å²) in [5.41, 5.74) is 0. The van der Waals surface area contributed by atoms with E-state index in [1.807, 2.05) is 6.92 Å². The number of carbonyl (C=O) groups excluding carboxylic acids is 2. The van der Waals surface area contributed by atoms with Gasteiger partial charge in [-0.25, -0.2) is 4.79 Å². The van der Waals surface area contributed by atoms with E-state index in [2.05, 4.69) is 12.8 Å². The predicted molar refractivity (Wildman–Crippen MR) is 66.5 cm³/mol. The van der Waals surface area contributed by atoms with Crippen molar-refractivity contribution >= 4 is 11.9 Å². The van der Waals surface area contributed by atoms with Gasteiger partial charge in [-0.3, -0.25) is 4.79 Å². The van der Waals surface area contributed by atoms with Crippen LogP contribution in [0, 0.1) is 24.2 Å². The van der Waals surface area contributed by atoms with Crippen molar-refractivity contribution in [3.8, 4) is 12.3 Å². The van der Waals surface area contributed by atoms with E-state index in [9.17, 15) is 9.59 Å². The van der Waals surface area contributed by atoms with Crippen LogP contribution in [-0.4, -0.2) is 24.6 Å². The Bertz CT molecular complexity index is 342. The summed E-state index contributed by atoms with van der Waals surface area (Å²) >= 11 is 0. The minimum atomic E-state index is -0.794. The topological polar surface area (TPSA) is 52.6 Å². The molecule has 1 aliphatic heterocycles. The van der Waals surface area contributed by atoms with Crippen LogP contribution in [-0.2, 0) is 19.1 Å². The molecule has 4 nitrogen and oxygen atoms in total. The van der Waals surface area contributed by atoms with E-state index >= 15 is 0 Å². The van der Waals surface area contributed by atoms with E-state index < -0.39 is 12.1 Å². The molecule has 0 saturated carbocycles. The number of esters is 2. The number of terminal acetylenes is 1. The highest BCUT2D eigenvalue weighted by atomic mass is 16.6. The first-order chi connectivity index (χ1) is 8.61. The zero-order valence-corrected chi connectivity index (χ0v) is 11.0. The van der Waals surface area contributed by atoms with Crippen molar-refractivity contribution in [1.29, 1.82) is 0 Å². The van der Waals surface area contributed by atoms with Gasteiger partial charge in [0.05, 0.1) is 5.92 Å². The Morgan fingerprint density at radius 1 is 1.50 bits per heavy atom. The quantitative estimate of drug-likeness (QED) is 0.412. The summed E-state index contributed by atoms with van der Waals surface area (Å²) in [6.07, 6.45) is 8.15. The third kappa shape index (κ3) is 3.49. The van der Waals surface area contributed by atoms with E-state index in [1.54, 1.807) is 0 Å². The molecule has 0 aliphatic carbocycles. The van der Waals surface area contributed by atoms with E-state index in [-0.39, 0.29) is 24.4 Å². The van der Waals surface area contributed by atoms with Crippen LogP contribution >= 0.6 is 0 Å². The Morgan fingerprint density at radius 2 is 2.22 bits per heavy atom. The molecule has 0 spiro atoms. The summed E-state index contributed by atoms with van der Waals surface area (Å²) in [7, 11) is 0. The zero-order chi connectivity index (χ0) is 13.5. The first-order valence-electron chi connectivity index (χ1n) is 6.42. The van der Waals surface area contributed by atoms with Gasteiger partial charge in [0.2, 0.25) is 6.10 Å². The number of hydrogen-bond acceptors (Lipinski definition) is 4. The third-order valence-electron chi connectivity index (χ3n) is 3.31. The average molecular weight is 252 g/mol. The summed E-state index contributed by atoms with van der Waals surface area (Å²) in [4.78, 5) is 23.3. The summed E-state index contributed by atoms with van der Waals surface area (Å²) in [5, 5.41) is 0. The number of carbonyl (C=O) groups is 2. The lowest BCUT2D eigenvalue weighted by Gasteiger charge is -2.14. The average Bonchev–Trinajstić information content (AvgIpc) is 2.64. The van der Waals surface area contributed by atoms with Crippen LogP contribution in [0.2, 0.25) is 0 Å². The monoisotopic (exact) mass is 252 g/mol. The molecule has 4 heteroatoms. The second-order valence-electron chi connectivity index (χ2n) is 4.63. The Balaban J connectivity index is 2.52. The molecule has 100 valence electrons. The maximum absolute atomic E-state index is 11.7. The van der Waals surface area contributed by atoms with E-state index in [4.69, 9.17) is 15.9 Å². The van der Waals surface area contributed by atoms with Crippen LogP contribution in [0.25, 0.3) is 0 Å². The van der Waals surface area contributed by atoms with E-state index in [1.165, 1.54) is 0 Å². The maximum Gasteiger partial charge on any atom is 0.348 e. The summed E-state index contributed by atoms with van der Waals surface area (Å²) in [6, 6.07) is 0. The summed E-state index contributed by atoms with van der Waals surface area (Å²) < 4.78 is 9.91. The largest absolute Gasteiger partial charge is 0.450 e. The summed E-state index contributed by atoms with van der Waals surface area (Å²) in [5.74, 6) is 1.06. The molecule has 0 aromatic carbocycles. The SMILES string of the molecule is C#CCOC(=O)[C@@H]1OC(=O)[C@@H](CCCCC)[C@@H]1C. The highest BCUT2D eigenvalue weighted by Gasteiger charge is 2.45. The first-order valence-corrected chi connectivity index (χ1v) is 6.42. The predicted octanol–water partition coefficient (Wildman–Crippen LogP) is 1.92. The molecule has 0 unspecified atom stereocenters. The van der Waals surface area contributed by atoms with Crippen molar-refractivity contribution in [2.75, 3.05) is 6.61 Å². The molecular formula is C14H20O4. The molecule has 0 radical (unpaired) electrons. The van der Waals surface area contributed by atoms with Gasteiger partial charge in [0.15, 0.2) is 6.61 Å². The molecule has 1 aliphatic rings. The summed E-state index contributed by atoms with van der Waals surface area (Å²) in [6.45, 7) is 3.87. The van der Waals surface area contributed by atoms with Crippen LogP contribution in [0.3, 0.4) is 0 Å². The molecule has 1 rings (SSSR count). The molecule has 0 N–H and O–H groups in total. The van der Waals surface area contributed by atoms with Crippen molar-refractivity contribution in [1.82, 2.24) is 0 Å². The van der Waals surface area contributed by atoms with Gasteiger partial charge >= 0.3 is 11.9 Å². The van der Waals surface area contributed by atoms with Crippen LogP contribution in [0.5, 0.6) is 0 Å². The highest BCUT2D eigenvalue weighted by molar-refractivity contribution is 5.85. The number of ether oxygens (including phenoxy) is 2. The van der Waals surface area contributed by atoms with Crippen LogP contribution in [0.4, 0.5) is 0 Å². The van der Waals surface area contributed by atoms with Gasteiger partial charge in [-0.05, 0) is 6.42 Å². The van der Waals surface area contributed by atoms with Crippen molar-refractivity contribution in [3.05, 3.63) is 0 Å². The van der Waals surface area contributed by atoms with Crippen LogP contribution in [0.15, 0.2) is 0 Å². The third-order valence-corrected chi connectivity index (χ3v) is 3.31. The number of unbranched alkanes of at least 4 members (excludes halogenated alkanes) is 2. The number of rotatable bonds is 6. The maximum atomic E-state index is 11.7. The lowest BCUT2D eigenvalue weighted by atomic mass is 9.88. The zero-order valence-electron chi connectivity index (χ0n) is 11.0. The fraction of sp³-hybridized carbons (Fsp3) is 0.714. The van der Waals surface area contributed by atoms with Gasteiger partial charge in [0.1, 0.15) is 0 Å². The van der Waals surface area contributed by atoms with Crippen molar-refractivity contribution in [2.45, 2.75) is 45.6 Å². The van der Waals surface area contributed by atoms with Gasteiger partial charge in [0, 0.05) is 5.92 Å². The fourth-order valence-corrected chi connectivity index (χ4v) is 2.20. The standard InChI is InChI=1S/C14H20O4/c1-4-6-7-8-11-10(3)12(18-13(11)15)14(16)17-9-5-2/h2,10-12H,4,6-9H2,1,3H3/t10-,11-,12+/m0/s1. The van der Waals surface area contributed by atoms with Crippen LogP contribution in [0.1, 0.15) is 39.5 Å². The number of cyclic esters (lactones) is 1. The molecule has 18 heavy (non-hydrogen) atoms. The second kappa shape index (κ2) is 7.05. The smallest absolute Gasteiger partial charge is 0.348 e. The van der Waals surface area contributed by atoms with Crippen molar-refractivity contribution in [3.63, 3.8) is 0 Å². The fourth-order valence-electron chi connectivity index (χ4n) is 2.20. The van der Waals surface area contributed by atoms with Gasteiger partial charge in [-0.2, -0.15) is 0 Å². The Kier molecular flexibility index (Phi) is 5.70. The van der Waals surface area contributed by atoms with Gasteiger partial charge in [-0.1, -0.05) is 39.0 Å². The molecule has 1 heterocycles. The molecule has 0 aromatic heterocycles. The Morgan fingerprint density at radius 3 is 2.83 bits per heavy atom. The first kappa shape index (κ1) is 14.6. The van der Waals surface area contributed by atoms with Crippen molar-refractivity contribution < 1.29 is 19.1 Å². The molecule has 0 amide bonds. The van der Waals surface area contributed by atoms with Crippen molar-refractivity contribution in [2.24, 2.45) is 11.8 Å². The molecule has 0 aromatic rings. The molecule has 1 fully saturated rings. The van der Waals surface area contributed by atoms with Gasteiger partial charge < -0.3 is 9.47 Å². The molecule has 1 saturated heterocycles. The number of hydrogen-bond donors (Lipinski definition) is 0. The van der Waals surface area contributed by atoms with Gasteiger partial charge in [-0.15, -0.1) is 6.42 Å². The van der Waals surface area contributed by atoms with E-state index in [0.29, 0.717) is 0 Å². The second-order valence-corrected chi connectivity index (χ2v) is 4.63. The lowest BCUT2D eigenvalue weighted by molar-refractivity contribution is -0.161. The normalized spacial score (nSPS) is 26.5. The molecule has 0 bridgehead atoms. The minimum Gasteiger partial charge on any atom is -0.450 e. The van der Waals surface area contributed by atoms with Gasteiger partial charge in [0.25, 0.3) is 0 Å². The lowest BCUT2D eigenvalue weighted by Crippen LogP contribution is -2.29. The van der Waals surface area contributed by atoms with E-state index in [0.717, 1.165) is 25.7 Å². The highest BCUT2D eigenvalue weighted by Crippen LogP contribution is 2.32. The van der Waals surface area contributed by atoms with Crippen LogP contribution < -0.4 is 0 Å². The molecule has 3 atom stereocenters. The molecular weight excluding hydrogens is 232 g/mol.